The van der Waals surface area contributed by atoms with E-state index < -0.39 is 0 Å². The highest BCUT2D eigenvalue weighted by atomic mass is 16.3. The van der Waals surface area contributed by atoms with Crippen molar-refractivity contribution in [2.24, 2.45) is 5.73 Å². The molecule has 12 heavy (non-hydrogen) atoms. The third-order valence-electron chi connectivity index (χ3n) is 2.89. The quantitative estimate of drug-likeness (QED) is 0.610. The highest BCUT2D eigenvalue weighted by Crippen LogP contribution is 2.36. The number of hydrogen-bond acceptors (Lipinski definition) is 3. The van der Waals surface area contributed by atoms with Crippen LogP contribution in [-0.4, -0.2) is 41.3 Å². The molecule has 70 valence electrons. The molecule has 1 aliphatic carbocycles. The fourth-order valence-electron chi connectivity index (χ4n) is 1.95. The van der Waals surface area contributed by atoms with Crippen LogP contribution in [-0.2, 0) is 0 Å². The van der Waals surface area contributed by atoms with E-state index in [1.807, 2.05) is 0 Å². The minimum absolute atomic E-state index is 0.334. The summed E-state index contributed by atoms with van der Waals surface area (Å²) >= 11 is 0. The van der Waals surface area contributed by atoms with Gasteiger partial charge < -0.3 is 10.8 Å². The number of nitrogens with two attached hydrogens (primary N) is 1. The van der Waals surface area contributed by atoms with Crippen LogP contribution >= 0.6 is 0 Å². The van der Waals surface area contributed by atoms with Gasteiger partial charge in [0.1, 0.15) is 0 Å². The maximum atomic E-state index is 9.68. The molecule has 0 spiro atoms. The summed E-state index contributed by atoms with van der Waals surface area (Å²) in [5.41, 5.74) is 5.50. The van der Waals surface area contributed by atoms with Crippen molar-refractivity contribution >= 4 is 0 Å². The van der Waals surface area contributed by atoms with Crippen LogP contribution in [0.5, 0.6) is 0 Å². The Labute approximate surface area is 73.5 Å². The van der Waals surface area contributed by atoms with E-state index in [-0.39, 0.29) is 5.60 Å². The number of aliphatic hydroxyl groups is 1. The second-order valence-electron chi connectivity index (χ2n) is 4.36. The summed E-state index contributed by atoms with van der Waals surface area (Å²) in [4.78, 5) is 2.31. The first-order chi connectivity index (χ1) is 5.68. The van der Waals surface area contributed by atoms with Gasteiger partial charge in [-0.05, 0) is 32.2 Å². The van der Waals surface area contributed by atoms with Gasteiger partial charge in [0.15, 0.2) is 0 Å². The Hall–Kier alpha value is -0.120. The summed E-state index contributed by atoms with van der Waals surface area (Å²) in [5, 5.41) is 9.68. The monoisotopic (exact) mass is 170 g/mol. The van der Waals surface area contributed by atoms with Crippen molar-refractivity contribution < 1.29 is 5.11 Å². The van der Waals surface area contributed by atoms with Crippen LogP contribution < -0.4 is 5.73 Å². The molecule has 3 nitrogen and oxygen atoms in total. The van der Waals surface area contributed by atoms with Gasteiger partial charge in [-0.25, -0.2) is 0 Å². The molecule has 2 aliphatic rings. The number of likely N-dealkylation sites (tertiary alicyclic amines) is 1. The topological polar surface area (TPSA) is 49.5 Å². The molecule has 0 radical (unpaired) electrons. The van der Waals surface area contributed by atoms with Gasteiger partial charge in [-0.1, -0.05) is 0 Å². The maximum Gasteiger partial charge on any atom is 0.0776 e. The zero-order valence-electron chi connectivity index (χ0n) is 7.50. The van der Waals surface area contributed by atoms with Crippen LogP contribution in [0.4, 0.5) is 0 Å². The molecule has 0 aromatic rings. The molecule has 0 aromatic carbocycles. The molecular weight excluding hydrogens is 152 g/mol. The van der Waals surface area contributed by atoms with Gasteiger partial charge in [0, 0.05) is 19.1 Å². The standard InChI is InChI=1S/C9H18N2O/c10-8-2-1-5-11(6-8)7-9(12)3-4-9/h8,12H,1-7,10H2. The summed E-state index contributed by atoms with van der Waals surface area (Å²) in [6.07, 6.45) is 4.31. The lowest BCUT2D eigenvalue weighted by molar-refractivity contribution is 0.0778. The fraction of sp³-hybridized carbons (Fsp3) is 1.00. The maximum absolute atomic E-state index is 9.68. The number of hydrogen-bond donors (Lipinski definition) is 2. The van der Waals surface area contributed by atoms with Crippen molar-refractivity contribution in [1.29, 1.82) is 0 Å². The van der Waals surface area contributed by atoms with Crippen molar-refractivity contribution in [1.82, 2.24) is 4.90 Å². The van der Waals surface area contributed by atoms with E-state index in [4.69, 9.17) is 5.73 Å². The molecule has 0 amide bonds. The lowest BCUT2D eigenvalue weighted by Crippen LogP contribution is -2.46. The summed E-state index contributed by atoms with van der Waals surface area (Å²) in [5.74, 6) is 0. The summed E-state index contributed by atoms with van der Waals surface area (Å²) < 4.78 is 0. The lowest BCUT2D eigenvalue weighted by Gasteiger charge is -2.32. The number of nitrogens with zero attached hydrogens (tertiary/aromatic N) is 1. The second kappa shape index (κ2) is 2.98. The zero-order chi connectivity index (χ0) is 8.60. The summed E-state index contributed by atoms with van der Waals surface area (Å²) in [7, 11) is 0. The molecular formula is C9H18N2O. The van der Waals surface area contributed by atoms with Crippen molar-refractivity contribution in [3.05, 3.63) is 0 Å². The minimum Gasteiger partial charge on any atom is -0.389 e. The van der Waals surface area contributed by atoms with Crippen LogP contribution in [0.25, 0.3) is 0 Å². The molecule has 1 aliphatic heterocycles. The second-order valence-corrected chi connectivity index (χ2v) is 4.36. The SMILES string of the molecule is NC1CCCN(CC2(O)CC2)C1. The van der Waals surface area contributed by atoms with Crippen LogP contribution in [0.15, 0.2) is 0 Å². The van der Waals surface area contributed by atoms with E-state index in [9.17, 15) is 5.11 Å². The van der Waals surface area contributed by atoms with E-state index in [2.05, 4.69) is 4.90 Å². The fourth-order valence-corrected chi connectivity index (χ4v) is 1.95. The molecule has 3 N–H and O–H groups in total. The van der Waals surface area contributed by atoms with Gasteiger partial charge in [-0.2, -0.15) is 0 Å². The summed E-state index contributed by atoms with van der Waals surface area (Å²) in [6, 6.07) is 0.334. The molecule has 1 unspecified atom stereocenters. The normalized spacial score (nSPS) is 35.0. The van der Waals surface area contributed by atoms with E-state index in [1.165, 1.54) is 6.42 Å². The average molecular weight is 170 g/mol. The third kappa shape index (κ3) is 1.97. The molecule has 2 fully saturated rings. The predicted molar refractivity (Wildman–Crippen MR) is 47.8 cm³/mol. The molecule has 2 rings (SSSR count). The Bertz CT molecular complexity index is 168. The zero-order valence-corrected chi connectivity index (χ0v) is 7.50. The Morgan fingerprint density at radius 2 is 2.25 bits per heavy atom. The molecule has 1 saturated carbocycles. The third-order valence-corrected chi connectivity index (χ3v) is 2.89. The first-order valence-corrected chi connectivity index (χ1v) is 4.88. The smallest absolute Gasteiger partial charge is 0.0776 e. The first-order valence-electron chi connectivity index (χ1n) is 4.88. The first kappa shape index (κ1) is 8.48. The van der Waals surface area contributed by atoms with Crippen molar-refractivity contribution in [2.45, 2.75) is 37.3 Å². The number of rotatable bonds is 2. The van der Waals surface area contributed by atoms with Crippen LogP contribution in [0, 0.1) is 0 Å². The molecule has 0 aromatic heterocycles. The highest BCUT2D eigenvalue weighted by Gasteiger charge is 2.42. The predicted octanol–water partition coefficient (Wildman–Crippen LogP) is -0.0656. The highest BCUT2D eigenvalue weighted by molar-refractivity contribution is 4.96. The average Bonchev–Trinajstić information content (AvgIpc) is 2.67. The van der Waals surface area contributed by atoms with Gasteiger partial charge in [0.25, 0.3) is 0 Å². The molecule has 1 atom stereocenters. The number of β-amino-alcohol motifs (C(OH)–C–C–N with tert-alkyl or cyclic N) is 1. The van der Waals surface area contributed by atoms with E-state index >= 15 is 0 Å². The van der Waals surface area contributed by atoms with Crippen molar-refractivity contribution in [2.75, 3.05) is 19.6 Å². The van der Waals surface area contributed by atoms with Crippen LogP contribution in [0.2, 0.25) is 0 Å². The Kier molecular flexibility index (Phi) is 2.10. The molecule has 1 heterocycles. The van der Waals surface area contributed by atoms with E-state index in [0.29, 0.717) is 6.04 Å². The summed E-state index contributed by atoms with van der Waals surface area (Å²) in [6.45, 7) is 2.94. The van der Waals surface area contributed by atoms with Gasteiger partial charge in [0.2, 0.25) is 0 Å². The number of piperidine rings is 1. The van der Waals surface area contributed by atoms with Gasteiger partial charge in [-0.15, -0.1) is 0 Å². The van der Waals surface area contributed by atoms with Gasteiger partial charge >= 0.3 is 0 Å². The lowest BCUT2D eigenvalue weighted by atomic mass is 10.1. The molecule has 3 heteroatoms. The van der Waals surface area contributed by atoms with E-state index in [0.717, 1.165) is 38.9 Å². The van der Waals surface area contributed by atoms with Gasteiger partial charge in [0.05, 0.1) is 5.60 Å². The molecule has 1 saturated heterocycles. The van der Waals surface area contributed by atoms with Crippen LogP contribution in [0.3, 0.4) is 0 Å². The largest absolute Gasteiger partial charge is 0.389 e. The minimum atomic E-state index is -0.336. The molecule has 0 bridgehead atoms. The Morgan fingerprint density at radius 1 is 1.50 bits per heavy atom. The van der Waals surface area contributed by atoms with Crippen LogP contribution in [0.1, 0.15) is 25.7 Å². The van der Waals surface area contributed by atoms with Crippen molar-refractivity contribution in [3.63, 3.8) is 0 Å². The Balaban J connectivity index is 1.79. The van der Waals surface area contributed by atoms with Crippen molar-refractivity contribution in [3.8, 4) is 0 Å². The van der Waals surface area contributed by atoms with Gasteiger partial charge in [-0.3, -0.25) is 4.90 Å². The Morgan fingerprint density at radius 3 is 2.83 bits per heavy atom. The van der Waals surface area contributed by atoms with E-state index in [1.54, 1.807) is 0 Å².